The average molecular weight is 515 g/mol. The molecule has 1 N–H and O–H groups in total. The Hall–Kier alpha value is -2.19. The second kappa shape index (κ2) is 9.36. The van der Waals surface area contributed by atoms with Crippen LogP contribution < -0.4 is 0 Å². The summed E-state index contributed by atoms with van der Waals surface area (Å²) in [7, 11) is -3.08. The molecule has 6 nitrogen and oxygen atoms in total. The fourth-order valence-corrected chi connectivity index (χ4v) is 6.68. The quantitative estimate of drug-likeness (QED) is 0.474. The predicted octanol–water partition coefficient (Wildman–Crippen LogP) is 4.35. The number of piperidine rings is 1. The van der Waals surface area contributed by atoms with Crippen LogP contribution in [0, 0.1) is 6.92 Å². The van der Waals surface area contributed by atoms with Gasteiger partial charge in [-0.25, -0.2) is 8.42 Å². The van der Waals surface area contributed by atoms with Crippen LogP contribution in [0.4, 0.5) is 0 Å². The number of rotatable bonds is 7. The van der Waals surface area contributed by atoms with Gasteiger partial charge in [0.25, 0.3) is 0 Å². The highest BCUT2D eigenvalue weighted by Crippen LogP contribution is 2.37. The van der Waals surface area contributed by atoms with E-state index >= 15 is 0 Å². The number of hydrogen-bond acceptors (Lipinski definition) is 5. The van der Waals surface area contributed by atoms with Crippen LogP contribution in [0.2, 0.25) is 5.02 Å². The molecule has 3 heterocycles. The third kappa shape index (κ3) is 4.92. The minimum absolute atomic E-state index is 0.0779. The second-order valence-electron chi connectivity index (χ2n) is 10.1. The van der Waals surface area contributed by atoms with Gasteiger partial charge in [-0.15, -0.1) is 0 Å². The maximum Gasteiger partial charge on any atom is 0.179 e. The topological polar surface area (TPSA) is 79.6 Å². The monoisotopic (exact) mass is 514 g/mol. The van der Waals surface area contributed by atoms with E-state index in [-0.39, 0.29) is 29.7 Å². The van der Waals surface area contributed by atoms with Crippen LogP contribution >= 0.6 is 11.6 Å². The van der Waals surface area contributed by atoms with Gasteiger partial charge in [-0.2, -0.15) is 0 Å². The number of aliphatic hydroxyl groups is 1. The molecule has 1 aromatic heterocycles. The molecular weight excluding hydrogens is 484 g/mol. The molecule has 0 radical (unpaired) electrons. The van der Waals surface area contributed by atoms with E-state index in [2.05, 4.69) is 9.47 Å². The highest BCUT2D eigenvalue weighted by atomic mass is 35.5. The molecule has 2 fully saturated rings. The zero-order valence-corrected chi connectivity index (χ0v) is 21.6. The largest absolute Gasteiger partial charge is 0.393 e. The van der Waals surface area contributed by atoms with E-state index in [9.17, 15) is 18.3 Å². The number of nitrogens with zero attached hydrogens (tertiary/aromatic N) is 2. The minimum Gasteiger partial charge on any atom is -0.393 e. The number of aliphatic hydroxyl groups excluding tert-OH is 1. The van der Waals surface area contributed by atoms with Crippen molar-refractivity contribution in [2.45, 2.75) is 57.2 Å². The first-order chi connectivity index (χ1) is 16.6. The van der Waals surface area contributed by atoms with E-state index < -0.39 is 9.84 Å². The molecule has 0 amide bonds. The van der Waals surface area contributed by atoms with Gasteiger partial charge in [-0.1, -0.05) is 23.7 Å². The minimum atomic E-state index is -3.08. The zero-order valence-electron chi connectivity index (χ0n) is 20.1. The summed E-state index contributed by atoms with van der Waals surface area (Å²) in [5, 5.41) is 11.7. The van der Waals surface area contributed by atoms with Crippen molar-refractivity contribution in [3.63, 3.8) is 0 Å². The molecule has 0 spiro atoms. The molecule has 2 unspecified atom stereocenters. The van der Waals surface area contributed by atoms with Crippen molar-refractivity contribution < 1.29 is 18.3 Å². The van der Waals surface area contributed by atoms with Gasteiger partial charge in [-0.05, 0) is 74.9 Å². The SMILES string of the molecule is Cc1c(C(=O)CN2C3CCC2CC(O)C3)c2ccc(CCS(C)(=O)=O)cc2n1-c1ccc(Cl)cc1. The number of hydrogen-bond donors (Lipinski definition) is 1. The van der Waals surface area contributed by atoms with Crippen molar-refractivity contribution in [3.05, 3.63) is 64.3 Å². The molecule has 35 heavy (non-hydrogen) atoms. The maximum atomic E-state index is 13.8. The number of benzene rings is 2. The fraction of sp³-hybridized carbons (Fsp3) is 0.444. The Labute approximate surface area is 211 Å². The summed E-state index contributed by atoms with van der Waals surface area (Å²) in [6.07, 6.45) is 4.93. The lowest BCUT2D eigenvalue weighted by Gasteiger charge is -2.36. The Bertz CT molecular complexity index is 1370. The molecule has 186 valence electrons. The van der Waals surface area contributed by atoms with Gasteiger partial charge in [0, 0.05) is 45.7 Å². The summed E-state index contributed by atoms with van der Waals surface area (Å²) >= 11 is 6.13. The molecule has 2 bridgehead atoms. The molecule has 5 rings (SSSR count). The smallest absolute Gasteiger partial charge is 0.179 e. The lowest BCUT2D eigenvalue weighted by molar-refractivity contribution is 0.0344. The van der Waals surface area contributed by atoms with E-state index in [0.29, 0.717) is 23.6 Å². The molecule has 3 aromatic rings. The average Bonchev–Trinajstić information content (AvgIpc) is 3.20. The third-order valence-corrected chi connectivity index (χ3v) is 8.78. The number of carbonyl (C=O) groups excluding carboxylic acids is 1. The van der Waals surface area contributed by atoms with Gasteiger partial charge >= 0.3 is 0 Å². The summed E-state index contributed by atoms with van der Waals surface area (Å²) in [4.78, 5) is 16.1. The molecule has 2 aromatic carbocycles. The Balaban J connectivity index is 1.56. The molecule has 8 heteroatoms. The standard InChI is InChI=1S/C27H31ClN2O4S/c1-17-27(26(32)16-29-21-8-9-22(29)15-23(31)14-21)24-10-3-18(11-12-35(2,33)34)13-25(24)30(17)20-6-4-19(28)5-7-20/h3-7,10,13,21-23,31H,8-9,11-12,14-16H2,1-2H3. The predicted molar refractivity (Wildman–Crippen MR) is 140 cm³/mol. The summed E-state index contributed by atoms with van der Waals surface area (Å²) in [5.41, 5.74) is 4.26. The molecule has 2 atom stereocenters. The number of Topliss-reactive ketones (excluding diaryl/α,β-unsaturated/α-hetero) is 1. The number of aromatic nitrogens is 1. The Morgan fingerprint density at radius 3 is 2.37 bits per heavy atom. The van der Waals surface area contributed by atoms with Crippen LogP contribution in [0.3, 0.4) is 0 Å². The van der Waals surface area contributed by atoms with Gasteiger partial charge in [0.15, 0.2) is 5.78 Å². The van der Waals surface area contributed by atoms with Crippen molar-refractivity contribution in [2.75, 3.05) is 18.6 Å². The van der Waals surface area contributed by atoms with Crippen LogP contribution in [0.1, 0.15) is 47.3 Å². The molecule has 2 saturated heterocycles. The first-order valence-corrected chi connectivity index (χ1v) is 14.6. The number of halogens is 1. The van der Waals surface area contributed by atoms with Gasteiger partial charge in [0.05, 0.1) is 23.9 Å². The zero-order chi connectivity index (χ0) is 24.9. The van der Waals surface area contributed by atoms with Crippen molar-refractivity contribution in [3.8, 4) is 5.69 Å². The van der Waals surface area contributed by atoms with E-state index in [1.54, 1.807) is 0 Å². The van der Waals surface area contributed by atoms with E-state index in [1.807, 2.05) is 49.4 Å². The third-order valence-electron chi connectivity index (χ3n) is 7.58. The lowest BCUT2D eigenvalue weighted by atomic mass is 9.98. The van der Waals surface area contributed by atoms with Crippen LogP contribution in [0.15, 0.2) is 42.5 Å². The molecule has 0 aliphatic carbocycles. The first-order valence-electron chi connectivity index (χ1n) is 12.2. The van der Waals surface area contributed by atoms with Crippen LogP contribution in [0.25, 0.3) is 16.6 Å². The lowest BCUT2D eigenvalue weighted by Crippen LogP contribution is -2.46. The van der Waals surface area contributed by atoms with E-state index in [1.165, 1.54) is 6.26 Å². The number of carbonyl (C=O) groups is 1. The normalized spacial score (nSPS) is 22.7. The van der Waals surface area contributed by atoms with Crippen LogP contribution in [-0.2, 0) is 16.3 Å². The Kier molecular flexibility index (Phi) is 6.55. The van der Waals surface area contributed by atoms with Crippen molar-refractivity contribution in [1.29, 1.82) is 0 Å². The highest BCUT2D eigenvalue weighted by molar-refractivity contribution is 7.90. The molecular formula is C27H31ClN2O4S. The number of ketones is 1. The van der Waals surface area contributed by atoms with Crippen molar-refractivity contribution in [1.82, 2.24) is 9.47 Å². The maximum absolute atomic E-state index is 13.8. The van der Waals surface area contributed by atoms with Crippen molar-refractivity contribution in [2.24, 2.45) is 0 Å². The first kappa shape index (κ1) is 24.5. The Morgan fingerprint density at radius 2 is 1.74 bits per heavy atom. The summed E-state index contributed by atoms with van der Waals surface area (Å²) in [6, 6.07) is 13.9. The fourth-order valence-electron chi connectivity index (χ4n) is 5.94. The molecule has 2 aliphatic rings. The highest BCUT2D eigenvalue weighted by Gasteiger charge is 2.41. The summed E-state index contributed by atoms with van der Waals surface area (Å²) in [6.45, 7) is 2.31. The number of fused-ring (bicyclic) bond motifs is 3. The summed E-state index contributed by atoms with van der Waals surface area (Å²) < 4.78 is 25.5. The summed E-state index contributed by atoms with van der Waals surface area (Å²) in [5.74, 6) is 0.159. The van der Waals surface area contributed by atoms with Gasteiger partial charge in [-0.3, -0.25) is 9.69 Å². The van der Waals surface area contributed by atoms with E-state index in [4.69, 9.17) is 11.6 Å². The van der Waals surface area contributed by atoms with Crippen LogP contribution in [0.5, 0.6) is 0 Å². The van der Waals surface area contributed by atoms with Gasteiger partial charge in [0.2, 0.25) is 0 Å². The van der Waals surface area contributed by atoms with Gasteiger partial charge in [0.1, 0.15) is 9.84 Å². The van der Waals surface area contributed by atoms with E-state index in [0.717, 1.165) is 53.5 Å². The van der Waals surface area contributed by atoms with Crippen LogP contribution in [-0.4, -0.2) is 65.5 Å². The molecule has 2 aliphatic heterocycles. The number of aryl methyl sites for hydroxylation is 1. The molecule has 0 saturated carbocycles. The number of sulfone groups is 1. The van der Waals surface area contributed by atoms with Crippen molar-refractivity contribution >= 4 is 38.1 Å². The van der Waals surface area contributed by atoms with Gasteiger partial charge < -0.3 is 9.67 Å². The Morgan fingerprint density at radius 1 is 1.09 bits per heavy atom. The second-order valence-corrected chi connectivity index (χ2v) is 12.8.